The quantitative estimate of drug-likeness (QED) is 0.286. The molecule has 0 aliphatic carbocycles. The largest absolute Gasteiger partial charge is 0.507 e. The number of hydrogen-bond acceptors (Lipinski definition) is 5. The van der Waals surface area contributed by atoms with Crippen molar-refractivity contribution in [2.45, 2.75) is 13.8 Å². The Morgan fingerprint density at radius 3 is 2.65 bits per heavy atom. The summed E-state index contributed by atoms with van der Waals surface area (Å²) in [5.41, 5.74) is 7.04. The molecule has 0 aromatic heterocycles. The van der Waals surface area contributed by atoms with Gasteiger partial charge in [-0.15, -0.1) is 0 Å². The number of nitrogens with one attached hydrogen (secondary N) is 2. The normalized spacial score (nSPS) is 11.0. The SMILES string of the molecule is Cc1cc(C)c(O)c(C=NNC(=O)c2cccc(C=CC(=O)NO)c2)c1. The summed E-state index contributed by atoms with van der Waals surface area (Å²) in [6.07, 6.45) is 3.97. The van der Waals surface area contributed by atoms with Crippen LogP contribution in [0.3, 0.4) is 0 Å². The van der Waals surface area contributed by atoms with Crippen molar-refractivity contribution in [1.82, 2.24) is 10.9 Å². The molecule has 26 heavy (non-hydrogen) atoms. The zero-order valence-corrected chi connectivity index (χ0v) is 14.4. The van der Waals surface area contributed by atoms with E-state index in [0.717, 1.165) is 17.2 Å². The number of amides is 2. The number of carbonyl (C=O) groups excluding carboxylic acids is 2. The number of nitrogens with zero attached hydrogens (tertiary/aromatic N) is 1. The average Bonchev–Trinajstić information content (AvgIpc) is 2.63. The maximum Gasteiger partial charge on any atom is 0.271 e. The number of carbonyl (C=O) groups is 2. The lowest BCUT2D eigenvalue weighted by atomic mass is 10.1. The van der Waals surface area contributed by atoms with E-state index in [4.69, 9.17) is 5.21 Å². The molecule has 7 heteroatoms. The average molecular weight is 353 g/mol. The minimum Gasteiger partial charge on any atom is -0.507 e. The van der Waals surface area contributed by atoms with Gasteiger partial charge in [-0.1, -0.05) is 18.2 Å². The second kappa shape index (κ2) is 8.59. The number of phenols is 1. The zero-order chi connectivity index (χ0) is 19.1. The first kappa shape index (κ1) is 18.9. The molecule has 0 aliphatic heterocycles. The van der Waals surface area contributed by atoms with Gasteiger partial charge in [-0.25, -0.2) is 10.9 Å². The molecule has 0 fully saturated rings. The molecule has 0 saturated carbocycles. The molecule has 2 aromatic carbocycles. The molecular weight excluding hydrogens is 334 g/mol. The zero-order valence-electron chi connectivity index (χ0n) is 14.4. The van der Waals surface area contributed by atoms with Crippen molar-refractivity contribution in [2.24, 2.45) is 5.10 Å². The van der Waals surface area contributed by atoms with Crippen LogP contribution in [0.1, 0.15) is 32.6 Å². The van der Waals surface area contributed by atoms with Crippen molar-refractivity contribution in [3.8, 4) is 5.75 Å². The molecule has 0 bridgehead atoms. The molecule has 2 amide bonds. The Balaban J connectivity index is 2.09. The van der Waals surface area contributed by atoms with Crippen molar-refractivity contribution < 1.29 is 19.9 Å². The number of hydrazone groups is 1. The van der Waals surface area contributed by atoms with Gasteiger partial charge in [0.05, 0.1) is 6.21 Å². The number of rotatable bonds is 5. The Morgan fingerprint density at radius 2 is 1.92 bits per heavy atom. The summed E-state index contributed by atoms with van der Waals surface area (Å²) in [6, 6.07) is 10.1. The lowest BCUT2D eigenvalue weighted by molar-refractivity contribution is -0.124. The molecule has 134 valence electrons. The number of benzene rings is 2. The van der Waals surface area contributed by atoms with Crippen LogP contribution >= 0.6 is 0 Å². The number of phenolic OH excluding ortho intramolecular Hbond substituents is 1. The molecule has 2 rings (SSSR count). The highest BCUT2D eigenvalue weighted by Crippen LogP contribution is 2.21. The van der Waals surface area contributed by atoms with E-state index in [0.29, 0.717) is 16.7 Å². The van der Waals surface area contributed by atoms with Crippen molar-refractivity contribution in [3.63, 3.8) is 0 Å². The van der Waals surface area contributed by atoms with Gasteiger partial charge in [-0.3, -0.25) is 14.8 Å². The topological polar surface area (TPSA) is 111 Å². The van der Waals surface area contributed by atoms with E-state index in [1.165, 1.54) is 17.8 Å². The molecular formula is C19H19N3O4. The fraction of sp³-hybridized carbons (Fsp3) is 0.105. The Kier molecular flexibility index (Phi) is 6.24. The van der Waals surface area contributed by atoms with Crippen LogP contribution in [0.4, 0.5) is 0 Å². The molecule has 4 N–H and O–H groups in total. The second-order valence-electron chi connectivity index (χ2n) is 5.65. The highest BCUT2D eigenvalue weighted by Gasteiger charge is 2.06. The summed E-state index contributed by atoms with van der Waals surface area (Å²) in [4.78, 5) is 23.2. The lowest BCUT2D eigenvalue weighted by Gasteiger charge is -2.05. The number of aryl methyl sites for hydroxylation is 2. The standard InChI is InChI=1S/C19H19N3O4/c1-12-8-13(2)18(24)16(9-12)11-20-21-19(25)15-5-3-4-14(10-15)6-7-17(23)22-26/h3-11,24,26H,1-2H3,(H,21,25)(H,22,23). The first-order valence-corrected chi connectivity index (χ1v) is 7.76. The first-order chi connectivity index (χ1) is 12.4. The molecule has 0 saturated heterocycles. The fourth-order valence-corrected chi connectivity index (χ4v) is 2.31. The third-order valence-corrected chi connectivity index (χ3v) is 3.53. The van der Waals surface area contributed by atoms with Gasteiger partial charge in [0.25, 0.3) is 11.8 Å². The summed E-state index contributed by atoms with van der Waals surface area (Å²) in [7, 11) is 0. The Labute approximate surface area is 150 Å². The second-order valence-corrected chi connectivity index (χ2v) is 5.65. The Bertz CT molecular complexity index is 888. The molecule has 0 aliphatic rings. The van der Waals surface area contributed by atoms with Crippen LogP contribution in [-0.2, 0) is 4.79 Å². The maximum atomic E-state index is 12.2. The maximum absolute atomic E-state index is 12.2. The monoisotopic (exact) mass is 353 g/mol. The minimum atomic E-state index is -0.669. The van der Waals surface area contributed by atoms with E-state index in [2.05, 4.69) is 10.5 Å². The van der Waals surface area contributed by atoms with Crippen LogP contribution in [0.25, 0.3) is 6.08 Å². The highest BCUT2D eigenvalue weighted by atomic mass is 16.5. The van der Waals surface area contributed by atoms with Crippen LogP contribution in [-0.4, -0.2) is 28.3 Å². The summed E-state index contributed by atoms with van der Waals surface area (Å²) in [5.74, 6) is -0.993. The number of hydroxylamine groups is 1. The van der Waals surface area contributed by atoms with Gasteiger partial charge < -0.3 is 5.11 Å². The molecule has 0 radical (unpaired) electrons. The van der Waals surface area contributed by atoms with Gasteiger partial charge in [0.15, 0.2) is 0 Å². The molecule has 7 nitrogen and oxygen atoms in total. The van der Waals surface area contributed by atoms with Crippen molar-refractivity contribution in [1.29, 1.82) is 0 Å². The highest BCUT2D eigenvalue weighted by molar-refractivity contribution is 5.96. The summed E-state index contributed by atoms with van der Waals surface area (Å²) >= 11 is 0. The predicted molar refractivity (Wildman–Crippen MR) is 98.0 cm³/mol. The third kappa shape index (κ3) is 5.02. The minimum absolute atomic E-state index is 0.114. The van der Waals surface area contributed by atoms with E-state index >= 15 is 0 Å². The molecule has 0 heterocycles. The van der Waals surface area contributed by atoms with Crippen molar-refractivity contribution in [3.05, 3.63) is 70.3 Å². The van der Waals surface area contributed by atoms with Gasteiger partial charge in [0, 0.05) is 17.2 Å². The third-order valence-electron chi connectivity index (χ3n) is 3.53. The molecule has 0 atom stereocenters. The summed E-state index contributed by atoms with van der Waals surface area (Å²) in [5, 5.41) is 22.3. The smallest absolute Gasteiger partial charge is 0.271 e. The number of aromatic hydroxyl groups is 1. The lowest BCUT2D eigenvalue weighted by Crippen LogP contribution is -2.17. The van der Waals surface area contributed by atoms with Gasteiger partial charge in [0.2, 0.25) is 0 Å². The molecule has 0 spiro atoms. The van der Waals surface area contributed by atoms with Crippen LogP contribution in [0.2, 0.25) is 0 Å². The van der Waals surface area contributed by atoms with E-state index in [-0.39, 0.29) is 5.75 Å². The summed E-state index contributed by atoms with van der Waals surface area (Å²) < 4.78 is 0. The van der Waals surface area contributed by atoms with Crippen LogP contribution < -0.4 is 10.9 Å². The van der Waals surface area contributed by atoms with Crippen LogP contribution in [0.15, 0.2) is 47.6 Å². The Hall–Kier alpha value is -3.45. The van der Waals surface area contributed by atoms with Gasteiger partial charge in [0.1, 0.15) is 5.75 Å². The van der Waals surface area contributed by atoms with Crippen LogP contribution in [0, 0.1) is 13.8 Å². The van der Waals surface area contributed by atoms with Gasteiger partial charge in [-0.05, 0) is 54.8 Å². The number of hydrogen-bond donors (Lipinski definition) is 4. The van der Waals surface area contributed by atoms with E-state index < -0.39 is 11.8 Å². The van der Waals surface area contributed by atoms with Gasteiger partial charge in [-0.2, -0.15) is 5.10 Å². The van der Waals surface area contributed by atoms with Crippen molar-refractivity contribution in [2.75, 3.05) is 0 Å². The van der Waals surface area contributed by atoms with E-state index in [9.17, 15) is 14.7 Å². The molecule has 2 aromatic rings. The fourth-order valence-electron chi connectivity index (χ4n) is 2.31. The molecule has 0 unspecified atom stereocenters. The van der Waals surface area contributed by atoms with E-state index in [1.54, 1.807) is 37.3 Å². The predicted octanol–water partition coefficient (Wildman–Crippen LogP) is 2.29. The van der Waals surface area contributed by atoms with E-state index in [1.807, 2.05) is 13.0 Å². The Morgan fingerprint density at radius 1 is 1.15 bits per heavy atom. The van der Waals surface area contributed by atoms with Crippen molar-refractivity contribution >= 4 is 24.1 Å². The van der Waals surface area contributed by atoms with Crippen LogP contribution in [0.5, 0.6) is 5.75 Å². The van der Waals surface area contributed by atoms with Gasteiger partial charge >= 0.3 is 0 Å². The first-order valence-electron chi connectivity index (χ1n) is 7.76. The summed E-state index contributed by atoms with van der Waals surface area (Å²) in [6.45, 7) is 3.69.